The lowest BCUT2D eigenvalue weighted by molar-refractivity contribution is 0.239. The monoisotopic (exact) mass is 126 g/mol. The zero-order chi connectivity index (χ0) is 6.08. The van der Waals surface area contributed by atoms with Crippen LogP contribution in [0.1, 0.15) is 0 Å². The normalized spacial score (nSPS) is 18.1. The average molecular weight is 126 g/mol. The van der Waals surface area contributed by atoms with Crippen LogP contribution in [0.15, 0.2) is 0 Å². The Balaban J connectivity index is 4.09. The predicted molar refractivity (Wildman–Crippen MR) is 22.3 cm³/mol. The van der Waals surface area contributed by atoms with Gasteiger partial charge in [0.05, 0.1) is 0 Å². The molecule has 0 aromatic carbocycles. The SMILES string of the molecule is CP(=O)(O)C(=O)F. The van der Waals surface area contributed by atoms with Gasteiger partial charge in [0.2, 0.25) is 0 Å². The standard InChI is InChI=1S/C2H4FO3P/c1-7(5,6)2(3)4/h1H3,(H,5,6). The molecule has 0 saturated heterocycles. The van der Waals surface area contributed by atoms with Gasteiger partial charge in [0, 0.05) is 6.66 Å². The maximum atomic E-state index is 11.1. The Labute approximate surface area is 39.6 Å². The third-order valence-electron chi connectivity index (χ3n) is 0.326. The lowest BCUT2D eigenvalue weighted by atomic mass is 11.7. The first-order chi connectivity index (χ1) is 2.94. The minimum absolute atomic E-state index is 0.648. The molecule has 0 aliphatic heterocycles. The molecule has 3 nitrogen and oxygen atoms in total. The summed E-state index contributed by atoms with van der Waals surface area (Å²) in [6.45, 7) is 0.648. The van der Waals surface area contributed by atoms with Crippen molar-refractivity contribution in [1.29, 1.82) is 0 Å². The second-order valence-electron chi connectivity index (χ2n) is 1.13. The highest BCUT2D eigenvalue weighted by molar-refractivity contribution is 7.74. The molecule has 5 heteroatoms. The number of halogens is 1. The average Bonchev–Trinajstić information content (AvgIpc) is 1.31. The van der Waals surface area contributed by atoms with Crippen LogP contribution in [0.5, 0.6) is 0 Å². The topological polar surface area (TPSA) is 54.4 Å². The summed E-state index contributed by atoms with van der Waals surface area (Å²) >= 11 is 0. The van der Waals surface area contributed by atoms with Crippen LogP contribution < -0.4 is 0 Å². The molecular formula is C2H4FO3P. The molecule has 0 bridgehead atoms. The molecule has 0 saturated carbocycles. The third kappa shape index (κ3) is 2.48. The van der Waals surface area contributed by atoms with E-state index in [1.54, 1.807) is 0 Å². The first-order valence-corrected chi connectivity index (χ1v) is 3.55. The molecule has 0 fully saturated rings. The van der Waals surface area contributed by atoms with Gasteiger partial charge in [-0.1, -0.05) is 0 Å². The third-order valence-corrected chi connectivity index (χ3v) is 0.979. The van der Waals surface area contributed by atoms with Crippen LogP contribution in [0.3, 0.4) is 0 Å². The molecular weight excluding hydrogens is 122 g/mol. The van der Waals surface area contributed by atoms with Gasteiger partial charge in [0.1, 0.15) is 0 Å². The Kier molecular flexibility index (Phi) is 1.67. The molecule has 7 heavy (non-hydrogen) atoms. The van der Waals surface area contributed by atoms with E-state index in [4.69, 9.17) is 4.89 Å². The van der Waals surface area contributed by atoms with Crippen molar-refractivity contribution in [3.63, 3.8) is 0 Å². The van der Waals surface area contributed by atoms with E-state index < -0.39 is 13.1 Å². The first kappa shape index (κ1) is 6.79. The highest BCUT2D eigenvalue weighted by atomic mass is 31.2. The second-order valence-corrected chi connectivity index (χ2v) is 3.24. The van der Waals surface area contributed by atoms with E-state index in [1.165, 1.54) is 0 Å². The van der Waals surface area contributed by atoms with Gasteiger partial charge in [0.25, 0.3) is 7.37 Å². The van der Waals surface area contributed by atoms with Crippen molar-refractivity contribution in [2.75, 3.05) is 6.66 Å². The molecule has 0 spiro atoms. The number of hydrogen-bond donors (Lipinski definition) is 1. The molecule has 42 valence electrons. The van der Waals surface area contributed by atoms with Gasteiger partial charge in [-0.05, 0) is 0 Å². The minimum atomic E-state index is -4.04. The van der Waals surface area contributed by atoms with Crippen molar-refractivity contribution in [3.8, 4) is 0 Å². The van der Waals surface area contributed by atoms with Gasteiger partial charge in [-0.3, -0.25) is 4.57 Å². The maximum absolute atomic E-state index is 11.1. The quantitative estimate of drug-likeness (QED) is 0.420. The number of carbonyl (C=O) groups is 1. The van der Waals surface area contributed by atoms with Gasteiger partial charge in [-0.2, -0.15) is 4.39 Å². The number of rotatable bonds is 1. The smallest absolute Gasteiger partial charge is 0.337 e. The van der Waals surface area contributed by atoms with Crippen molar-refractivity contribution in [2.24, 2.45) is 0 Å². The zero-order valence-corrected chi connectivity index (χ0v) is 4.48. The molecule has 1 N–H and O–H groups in total. The fourth-order valence-corrected chi connectivity index (χ4v) is 0. The summed E-state index contributed by atoms with van der Waals surface area (Å²) in [7, 11) is -4.04. The van der Waals surface area contributed by atoms with Crippen molar-refractivity contribution in [3.05, 3.63) is 0 Å². The van der Waals surface area contributed by atoms with E-state index in [1.807, 2.05) is 0 Å². The summed E-state index contributed by atoms with van der Waals surface area (Å²) in [5, 5.41) is 0. The number of carbonyl (C=O) groups excluding carboxylic acids is 1. The van der Waals surface area contributed by atoms with Crippen molar-refractivity contribution in [2.45, 2.75) is 0 Å². The summed E-state index contributed by atoms with van der Waals surface area (Å²) in [4.78, 5) is 17.2. The van der Waals surface area contributed by atoms with Crippen LogP contribution >= 0.6 is 7.37 Å². The van der Waals surface area contributed by atoms with E-state index >= 15 is 0 Å². The highest BCUT2D eigenvalue weighted by Crippen LogP contribution is 2.37. The highest BCUT2D eigenvalue weighted by Gasteiger charge is 2.20. The van der Waals surface area contributed by atoms with Gasteiger partial charge in [-0.25, -0.2) is 4.79 Å². The van der Waals surface area contributed by atoms with Crippen LogP contribution in [-0.4, -0.2) is 17.3 Å². The van der Waals surface area contributed by atoms with Crippen molar-refractivity contribution < 1.29 is 18.6 Å². The Hall–Kier alpha value is -0.210. The summed E-state index contributed by atoms with van der Waals surface area (Å²) in [5.41, 5.74) is 0. The molecule has 0 radical (unpaired) electrons. The Morgan fingerprint density at radius 2 is 2.00 bits per heavy atom. The van der Waals surface area contributed by atoms with Crippen LogP contribution in [0.4, 0.5) is 9.18 Å². The predicted octanol–water partition coefficient (Wildman–Crippen LogP) is 0.976. The minimum Gasteiger partial charge on any atom is -0.337 e. The van der Waals surface area contributed by atoms with E-state index in [2.05, 4.69) is 0 Å². The molecule has 0 rings (SSSR count). The van der Waals surface area contributed by atoms with Crippen LogP contribution in [0.25, 0.3) is 0 Å². The lowest BCUT2D eigenvalue weighted by Gasteiger charge is -1.89. The Morgan fingerprint density at radius 3 is 2.00 bits per heavy atom. The fraction of sp³-hybridized carbons (Fsp3) is 0.500. The largest absolute Gasteiger partial charge is 0.383 e. The van der Waals surface area contributed by atoms with E-state index in [0.29, 0.717) is 6.66 Å². The first-order valence-electron chi connectivity index (χ1n) is 1.45. The fourth-order valence-electron chi connectivity index (χ4n) is 0. The second kappa shape index (κ2) is 1.72. The number of hydrogen-bond acceptors (Lipinski definition) is 2. The van der Waals surface area contributed by atoms with Crippen LogP contribution in [0.2, 0.25) is 0 Å². The van der Waals surface area contributed by atoms with Crippen LogP contribution in [-0.2, 0) is 4.57 Å². The Bertz CT molecular complexity index is 125. The van der Waals surface area contributed by atoms with Gasteiger partial charge < -0.3 is 4.89 Å². The van der Waals surface area contributed by atoms with E-state index in [0.717, 1.165) is 0 Å². The molecule has 0 heterocycles. The van der Waals surface area contributed by atoms with Gasteiger partial charge in [-0.15, -0.1) is 0 Å². The summed E-state index contributed by atoms with van der Waals surface area (Å²) in [6, 6.07) is 0. The van der Waals surface area contributed by atoms with Crippen molar-refractivity contribution >= 4 is 13.1 Å². The molecule has 1 unspecified atom stereocenters. The van der Waals surface area contributed by atoms with Crippen molar-refractivity contribution in [1.82, 2.24) is 0 Å². The van der Waals surface area contributed by atoms with Crippen LogP contribution in [0, 0.1) is 0 Å². The summed E-state index contributed by atoms with van der Waals surface area (Å²) < 4.78 is 20.8. The van der Waals surface area contributed by atoms with Gasteiger partial charge >= 0.3 is 5.78 Å². The van der Waals surface area contributed by atoms with E-state index in [-0.39, 0.29) is 0 Å². The Morgan fingerprint density at radius 1 is 1.86 bits per heavy atom. The maximum Gasteiger partial charge on any atom is 0.383 e. The summed E-state index contributed by atoms with van der Waals surface area (Å²) in [6.07, 6.45) is 0. The van der Waals surface area contributed by atoms with E-state index in [9.17, 15) is 13.8 Å². The molecule has 0 amide bonds. The summed E-state index contributed by atoms with van der Waals surface area (Å²) in [5.74, 6) is -2.15. The molecule has 0 aromatic heterocycles. The molecule has 1 atom stereocenters. The molecule has 0 aliphatic carbocycles. The molecule has 0 aliphatic rings. The molecule has 0 aromatic rings. The lowest BCUT2D eigenvalue weighted by Crippen LogP contribution is -1.83. The van der Waals surface area contributed by atoms with Gasteiger partial charge in [0.15, 0.2) is 0 Å². The zero-order valence-electron chi connectivity index (χ0n) is 3.59.